The number of non-ortho nitro benzene ring substituents is 1. The van der Waals surface area contributed by atoms with Gasteiger partial charge < -0.3 is 38.9 Å². The van der Waals surface area contributed by atoms with E-state index in [-0.39, 0.29) is 62.3 Å². The third-order valence-corrected chi connectivity index (χ3v) is 15.0. The Kier molecular flexibility index (Phi) is 13.8. The molecular weight excluding hydrogens is 826 g/mol. The first-order valence-corrected chi connectivity index (χ1v) is 24.6. The van der Waals surface area contributed by atoms with Crippen LogP contribution in [-0.2, 0) is 44.2 Å². The number of amides is 3. The van der Waals surface area contributed by atoms with Crippen molar-refractivity contribution in [3.8, 4) is 5.75 Å². The molecule has 334 valence electrons. The number of aliphatic hydroxyl groups is 2. The van der Waals surface area contributed by atoms with Crippen LogP contribution in [0.4, 0.5) is 26.9 Å². The molecule has 0 radical (unpaired) electrons. The van der Waals surface area contributed by atoms with E-state index in [2.05, 4.69) is 5.32 Å². The van der Waals surface area contributed by atoms with Crippen LogP contribution in [0.15, 0.2) is 91.0 Å². The lowest BCUT2D eigenvalue weighted by atomic mass is 9.82. The number of nitro benzene ring substituents is 1. The summed E-state index contributed by atoms with van der Waals surface area (Å²) < 4.78 is 29.2. The predicted octanol–water partition coefficient (Wildman–Crippen LogP) is 6.68. The van der Waals surface area contributed by atoms with Gasteiger partial charge in [0.15, 0.2) is 5.60 Å². The Morgan fingerprint density at radius 2 is 1.73 bits per heavy atom. The van der Waals surface area contributed by atoms with Crippen LogP contribution in [0.3, 0.4) is 0 Å². The number of nitrogens with one attached hydrogen (secondary N) is 1. The Bertz CT molecular complexity index is 2310. The number of nitrogens with zero attached hydrogens (tertiary/aromatic N) is 4. The smallest absolute Gasteiger partial charge is 0.269 e. The number of anilines is 3. The van der Waals surface area contributed by atoms with Crippen molar-refractivity contribution >= 4 is 48.9 Å². The van der Waals surface area contributed by atoms with Crippen molar-refractivity contribution in [3.05, 3.63) is 123 Å². The Labute approximate surface area is 367 Å². The van der Waals surface area contributed by atoms with E-state index in [0.29, 0.717) is 55.1 Å². The van der Waals surface area contributed by atoms with Crippen LogP contribution in [0.2, 0.25) is 18.6 Å². The summed E-state index contributed by atoms with van der Waals surface area (Å²) in [5.74, 6) is -1.12. The highest BCUT2D eigenvalue weighted by atomic mass is 28.4. The molecule has 4 aromatic carbocycles. The minimum absolute atomic E-state index is 0.0328. The maximum atomic E-state index is 16.6. The molecule has 16 heteroatoms. The normalized spacial score (nSPS) is 21.8. The van der Waals surface area contributed by atoms with Gasteiger partial charge in [-0.25, -0.2) is 0 Å². The first-order valence-electron chi connectivity index (χ1n) is 21.6. The van der Waals surface area contributed by atoms with E-state index in [1.165, 1.54) is 41.1 Å². The number of halogens is 1. The highest BCUT2D eigenvalue weighted by Gasteiger charge is 2.67. The van der Waals surface area contributed by atoms with E-state index in [1.807, 2.05) is 79.7 Å². The van der Waals surface area contributed by atoms with Gasteiger partial charge in [-0.05, 0) is 98.9 Å². The Morgan fingerprint density at radius 1 is 1.00 bits per heavy atom. The molecule has 3 N–H and O–H groups in total. The number of aliphatic hydroxyl groups excluding tert-OH is 2. The van der Waals surface area contributed by atoms with E-state index >= 15 is 8.90 Å². The molecule has 4 aromatic rings. The summed E-state index contributed by atoms with van der Waals surface area (Å²) in [6, 6.07) is 25.9. The van der Waals surface area contributed by atoms with Crippen molar-refractivity contribution in [1.29, 1.82) is 0 Å². The number of fused-ring (bicyclic) bond motifs is 3. The van der Waals surface area contributed by atoms with E-state index < -0.39 is 48.4 Å². The molecule has 0 bridgehead atoms. The number of carbonyl (C=O) groups is 3. The second kappa shape index (κ2) is 19.1. The van der Waals surface area contributed by atoms with Crippen molar-refractivity contribution in [2.24, 2.45) is 5.92 Å². The highest BCUT2D eigenvalue weighted by Crippen LogP contribution is 2.61. The summed E-state index contributed by atoms with van der Waals surface area (Å²) in [5.41, 5.74) is 1.53. The topological polar surface area (TPSA) is 175 Å². The lowest BCUT2D eigenvalue weighted by Crippen LogP contribution is -2.49. The third kappa shape index (κ3) is 9.13. The average molecular weight is 882 g/mol. The number of hydrogen-bond donors (Lipinski definition) is 3. The van der Waals surface area contributed by atoms with Crippen LogP contribution in [-0.4, -0.2) is 91.2 Å². The summed E-state index contributed by atoms with van der Waals surface area (Å²) in [7, 11) is -3.70. The molecule has 7 rings (SSSR count). The number of benzene rings is 4. The van der Waals surface area contributed by atoms with E-state index in [1.54, 1.807) is 11.8 Å². The number of unbranched alkanes of at least 4 members (excludes halogenated alkanes) is 1. The molecule has 3 aliphatic rings. The fraction of sp³-hybridized carbons (Fsp3) is 0.426. The maximum absolute atomic E-state index is 16.6. The molecule has 0 aliphatic carbocycles. The van der Waals surface area contributed by atoms with Gasteiger partial charge in [0.05, 0.1) is 54.6 Å². The first kappa shape index (κ1) is 45.5. The Morgan fingerprint density at radius 3 is 2.40 bits per heavy atom. The summed E-state index contributed by atoms with van der Waals surface area (Å²) in [4.78, 5) is 59.5. The zero-order valence-corrected chi connectivity index (χ0v) is 37.2. The second-order valence-electron chi connectivity index (χ2n) is 17.1. The van der Waals surface area contributed by atoms with Crippen molar-refractivity contribution in [1.82, 2.24) is 10.2 Å². The molecule has 3 amide bonds. The number of hydrogen-bond acceptors (Lipinski definition) is 10. The molecule has 63 heavy (non-hydrogen) atoms. The molecule has 0 saturated carbocycles. The monoisotopic (exact) mass is 881 g/mol. The van der Waals surface area contributed by atoms with Gasteiger partial charge in [-0.1, -0.05) is 49.4 Å². The molecule has 0 aromatic heterocycles. The van der Waals surface area contributed by atoms with Crippen LogP contribution in [0.1, 0.15) is 55.4 Å². The number of carbonyl (C=O) groups excluding carboxylic acids is 3. The van der Waals surface area contributed by atoms with E-state index in [9.17, 15) is 29.9 Å². The highest BCUT2D eigenvalue weighted by molar-refractivity contribution is 6.72. The van der Waals surface area contributed by atoms with Gasteiger partial charge in [0.25, 0.3) is 11.6 Å². The fourth-order valence-electron chi connectivity index (χ4n) is 9.68. The van der Waals surface area contributed by atoms with E-state index in [0.717, 1.165) is 16.8 Å². The van der Waals surface area contributed by atoms with E-state index in [4.69, 9.17) is 9.47 Å². The fourth-order valence-corrected chi connectivity index (χ4v) is 12.2. The third-order valence-electron chi connectivity index (χ3n) is 12.5. The molecule has 5 atom stereocenters. The van der Waals surface area contributed by atoms with Crippen LogP contribution >= 0.6 is 0 Å². The minimum Gasteiger partial charge on any atom is -0.494 e. The van der Waals surface area contributed by atoms with Crippen molar-refractivity contribution < 1.29 is 43.1 Å². The standard InChI is InChI=1S/C47H56FN5O9Si/c1-5-61-37-18-20-40-34(25-37)26-39(49-21-9-10-23-54)45(57)52(40)35-15-13-33(14-16-35)30-51-41-19-17-36(53(59)60)27-38(41)47(46(51)58)31(2)44(63(3,4)48)42(62-47)28-43(56)50(22-24-55)29-32-11-7-6-8-12-32/h6-8,11-20,25,27,31,39,42,44,49,54-55H,5,9-10,21-24,26,28-30H2,1-4H3/t31-,39?,42+,44-,47+/m1/s1. The first-order chi connectivity index (χ1) is 30.2. The molecule has 1 spiro atoms. The zero-order valence-electron chi connectivity index (χ0n) is 36.2. The van der Waals surface area contributed by atoms with Gasteiger partial charge in [-0.15, -0.1) is 0 Å². The Balaban J connectivity index is 1.19. The summed E-state index contributed by atoms with van der Waals surface area (Å²) in [6.07, 6.45) is 0.503. The molecule has 1 saturated heterocycles. The van der Waals surface area contributed by atoms with Crippen LogP contribution in [0, 0.1) is 16.0 Å². The SMILES string of the molecule is CCOc1ccc2c(c1)CC(NCCCCO)C(=O)N2c1ccc(CN2C(=O)[C@@]3(O[C@@H](CC(=O)N(CCO)Cc4ccccc4)[C@H]([Si](C)(C)F)[C@H]3C)c3cc([N+](=O)[O-])ccc32)cc1. The average Bonchev–Trinajstić information content (AvgIpc) is 3.68. The Hall–Kier alpha value is -5.52. The predicted molar refractivity (Wildman–Crippen MR) is 239 cm³/mol. The molecule has 14 nitrogen and oxygen atoms in total. The van der Waals surface area contributed by atoms with Crippen LogP contribution in [0.5, 0.6) is 5.75 Å². The van der Waals surface area contributed by atoms with Gasteiger partial charge >= 0.3 is 0 Å². The van der Waals surface area contributed by atoms with Crippen LogP contribution < -0.4 is 19.9 Å². The van der Waals surface area contributed by atoms with Gasteiger partial charge in [0, 0.05) is 54.5 Å². The lowest BCUT2D eigenvalue weighted by molar-refractivity contribution is -0.385. The van der Waals surface area contributed by atoms with Gasteiger partial charge in [0.2, 0.25) is 20.2 Å². The molecular formula is C47H56FN5O9Si. The summed E-state index contributed by atoms with van der Waals surface area (Å²) in [5, 5.41) is 34.7. The zero-order chi connectivity index (χ0) is 45.1. The summed E-state index contributed by atoms with van der Waals surface area (Å²) >= 11 is 0. The largest absolute Gasteiger partial charge is 0.494 e. The number of rotatable bonds is 18. The van der Waals surface area contributed by atoms with Gasteiger partial charge in [-0.3, -0.25) is 29.4 Å². The molecule has 1 fully saturated rings. The molecule has 3 heterocycles. The van der Waals surface area contributed by atoms with Crippen molar-refractivity contribution in [3.63, 3.8) is 0 Å². The number of ether oxygens (including phenoxy) is 2. The minimum atomic E-state index is -3.70. The van der Waals surface area contributed by atoms with Gasteiger partial charge in [-0.2, -0.15) is 0 Å². The second-order valence-corrected chi connectivity index (χ2v) is 20.9. The quantitative estimate of drug-likeness (QED) is 0.0322. The van der Waals surface area contributed by atoms with Crippen molar-refractivity contribution in [2.75, 3.05) is 42.7 Å². The van der Waals surface area contributed by atoms with Crippen LogP contribution in [0.25, 0.3) is 0 Å². The molecule has 3 aliphatic heterocycles. The summed E-state index contributed by atoms with van der Waals surface area (Å²) in [6.45, 7) is 7.81. The lowest BCUT2D eigenvalue weighted by Gasteiger charge is -2.35. The van der Waals surface area contributed by atoms with Gasteiger partial charge in [0.1, 0.15) is 5.75 Å². The number of nitro groups is 1. The molecule has 1 unspecified atom stereocenters. The maximum Gasteiger partial charge on any atom is 0.269 e. The van der Waals surface area contributed by atoms with Crippen molar-refractivity contribution in [2.45, 2.75) is 89.0 Å².